The van der Waals surface area contributed by atoms with E-state index in [1.807, 2.05) is 34.6 Å². The zero-order valence-electron chi connectivity index (χ0n) is 14.4. The molecule has 0 radical (unpaired) electrons. The van der Waals surface area contributed by atoms with E-state index < -0.39 is 0 Å². The zero-order valence-corrected chi connectivity index (χ0v) is 15.2. The Hall–Kier alpha value is -1.69. The Balaban J connectivity index is 1.92. The van der Waals surface area contributed by atoms with Gasteiger partial charge in [0.1, 0.15) is 22.5 Å². The van der Waals surface area contributed by atoms with Gasteiger partial charge in [0.2, 0.25) is 5.91 Å². The quantitative estimate of drug-likeness (QED) is 0.906. The summed E-state index contributed by atoms with van der Waals surface area (Å²) < 4.78 is 0. The molecule has 1 atom stereocenters. The predicted octanol–water partition coefficient (Wildman–Crippen LogP) is 3.20. The normalized spacial score (nSPS) is 15.5. The predicted molar refractivity (Wildman–Crippen MR) is 95.2 cm³/mol. The second kappa shape index (κ2) is 5.74. The number of aromatic nitrogens is 2. The highest BCUT2D eigenvalue weighted by Crippen LogP contribution is 2.39. The molecular formula is C17H24N4OS. The van der Waals surface area contributed by atoms with Crippen LogP contribution in [0.5, 0.6) is 0 Å². The van der Waals surface area contributed by atoms with E-state index in [0.29, 0.717) is 0 Å². The van der Waals surface area contributed by atoms with Gasteiger partial charge in [-0.3, -0.25) is 4.79 Å². The molecule has 1 aliphatic rings. The highest BCUT2D eigenvalue weighted by Gasteiger charge is 2.24. The van der Waals surface area contributed by atoms with E-state index in [1.165, 1.54) is 16.9 Å². The molecule has 0 bridgehead atoms. The van der Waals surface area contributed by atoms with Gasteiger partial charge in [0, 0.05) is 10.4 Å². The lowest BCUT2D eigenvalue weighted by Gasteiger charge is -2.24. The van der Waals surface area contributed by atoms with Crippen LogP contribution in [0, 0.1) is 6.92 Å². The van der Waals surface area contributed by atoms with Crippen LogP contribution in [0.2, 0.25) is 0 Å². The van der Waals surface area contributed by atoms with Crippen molar-refractivity contribution in [1.82, 2.24) is 15.3 Å². The number of anilines is 1. The molecule has 1 aliphatic carbocycles. The third kappa shape index (κ3) is 3.32. The number of nitrogens with zero attached hydrogens (tertiary/aromatic N) is 2. The van der Waals surface area contributed by atoms with E-state index >= 15 is 0 Å². The minimum absolute atomic E-state index is 0.0196. The molecule has 2 N–H and O–H groups in total. The monoisotopic (exact) mass is 332 g/mol. The number of carbonyl (C=O) groups excluding carboxylic acids is 1. The maximum Gasteiger partial charge on any atom is 0.242 e. The van der Waals surface area contributed by atoms with Gasteiger partial charge >= 0.3 is 0 Å². The van der Waals surface area contributed by atoms with Crippen LogP contribution in [0.1, 0.15) is 50.4 Å². The maximum absolute atomic E-state index is 12.3. The lowest BCUT2D eigenvalue weighted by atomic mass is 10.1. The molecule has 0 spiro atoms. The molecular weight excluding hydrogens is 308 g/mol. The molecule has 1 amide bonds. The van der Waals surface area contributed by atoms with E-state index in [9.17, 15) is 4.79 Å². The minimum atomic E-state index is -0.344. The fraction of sp³-hybridized carbons (Fsp3) is 0.588. The van der Waals surface area contributed by atoms with Crippen molar-refractivity contribution in [2.45, 2.75) is 65.5 Å². The highest BCUT2D eigenvalue weighted by molar-refractivity contribution is 7.19. The van der Waals surface area contributed by atoms with Crippen LogP contribution in [0.25, 0.3) is 10.2 Å². The molecule has 0 saturated heterocycles. The van der Waals surface area contributed by atoms with Crippen LogP contribution < -0.4 is 10.6 Å². The summed E-state index contributed by atoms with van der Waals surface area (Å²) in [5, 5.41) is 7.43. The standard InChI is InChI=1S/C17H24N4OS/c1-9(15(22)21-17(3,4)5)18-14-13-11-7-6-8-12(11)23-16(13)20-10(2)19-14/h9H,6-8H2,1-5H3,(H,21,22)(H,18,19,20). The number of carbonyl (C=O) groups is 1. The summed E-state index contributed by atoms with van der Waals surface area (Å²) in [5.74, 6) is 1.51. The van der Waals surface area contributed by atoms with Crippen molar-refractivity contribution in [2.75, 3.05) is 5.32 Å². The number of hydrogen-bond acceptors (Lipinski definition) is 5. The molecule has 124 valence electrons. The molecule has 2 aromatic heterocycles. The summed E-state index contributed by atoms with van der Waals surface area (Å²) >= 11 is 1.77. The van der Waals surface area contributed by atoms with Gasteiger partial charge in [-0.15, -0.1) is 11.3 Å². The van der Waals surface area contributed by atoms with Gasteiger partial charge in [-0.2, -0.15) is 0 Å². The largest absolute Gasteiger partial charge is 0.358 e. The van der Waals surface area contributed by atoms with Crippen molar-refractivity contribution >= 4 is 33.3 Å². The summed E-state index contributed by atoms with van der Waals surface area (Å²) in [6.07, 6.45) is 3.42. The minimum Gasteiger partial charge on any atom is -0.358 e. The van der Waals surface area contributed by atoms with Gasteiger partial charge in [-0.25, -0.2) is 9.97 Å². The SMILES string of the molecule is Cc1nc(NC(C)C(=O)NC(C)(C)C)c2c3c(sc2n1)CCC3. The maximum atomic E-state index is 12.3. The van der Waals surface area contributed by atoms with Gasteiger partial charge in [-0.1, -0.05) is 0 Å². The Bertz CT molecular complexity index is 760. The highest BCUT2D eigenvalue weighted by atomic mass is 32.1. The number of rotatable bonds is 3. The molecule has 0 saturated carbocycles. The number of thiophene rings is 1. The Morgan fingerprint density at radius 1 is 1.26 bits per heavy atom. The van der Waals surface area contributed by atoms with E-state index in [0.717, 1.165) is 34.7 Å². The zero-order chi connectivity index (χ0) is 16.8. The fourth-order valence-corrected chi connectivity index (χ4v) is 4.26. The summed E-state index contributed by atoms with van der Waals surface area (Å²) in [6.45, 7) is 9.72. The van der Waals surface area contributed by atoms with Crippen molar-refractivity contribution in [3.63, 3.8) is 0 Å². The second-order valence-corrected chi connectivity index (χ2v) is 8.35. The smallest absolute Gasteiger partial charge is 0.242 e. The number of aryl methyl sites for hydroxylation is 3. The topological polar surface area (TPSA) is 66.9 Å². The van der Waals surface area contributed by atoms with Gasteiger partial charge in [0.25, 0.3) is 0 Å². The molecule has 0 fully saturated rings. The number of nitrogens with one attached hydrogen (secondary N) is 2. The molecule has 0 aliphatic heterocycles. The Kier molecular flexibility index (Phi) is 4.04. The van der Waals surface area contributed by atoms with Gasteiger partial charge < -0.3 is 10.6 Å². The van der Waals surface area contributed by atoms with Gasteiger partial charge in [0.05, 0.1) is 5.39 Å². The summed E-state index contributed by atoms with van der Waals surface area (Å²) in [6, 6.07) is -0.344. The molecule has 3 rings (SSSR count). The van der Waals surface area contributed by atoms with E-state index in [4.69, 9.17) is 0 Å². The fourth-order valence-electron chi connectivity index (χ4n) is 2.96. The van der Waals surface area contributed by atoms with Crippen molar-refractivity contribution in [3.05, 3.63) is 16.3 Å². The van der Waals surface area contributed by atoms with Gasteiger partial charge in [0.15, 0.2) is 0 Å². The first-order valence-corrected chi connectivity index (χ1v) is 8.94. The van der Waals surface area contributed by atoms with Crippen LogP contribution in [0.15, 0.2) is 0 Å². The number of amides is 1. The number of fused-ring (bicyclic) bond motifs is 3. The Morgan fingerprint density at radius 2 is 2.00 bits per heavy atom. The third-order valence-corrected chi connectivity index (χ3v) is 5.11. The lowest BCUT2D eigenvalue weighted by Crippen LogP contribution is -2.47. The summed E-state index contributed by atoms with van der Waals surface area (Å²) in [5.41, 5.74) is 1.13. The van der Waals surface area contributed by atoms with Crippen LogP contribution in [-0.2, 0) is 17.6 Å². The van der Waals surface area contributed by atoms with Crippen LogP contribution in [0.4, 0.5) is 5.82 Å². The average Bonchev–Trinajstić information content (AvgIpc) is 2.95. The average molecular weight is 332 g/mol. The molecule has 1 unspecified atom stereocenters. The van der Waals surface area contributed by atoms with Crippen LogP contribution in [-0.4, -0.2) is 27.5 Å². The Morgan fingerprint density at radius 3 is 2.70 bits per heavy atom. The van der Waals surface area contributed by atoms with Crippen molar-refractivity contribution in [2.24, 2.45) is 0 Å². The van der Waals surface area contributed by atoms with E-state index in [-0.39, 0.29) is 17.5 Å². The molecule has 0 aromatic carbocycles. The first-order chi connectivity index (χ1) is 10.7. The summed E-state index contributed by atoms with van der Waals surface area (Å²) in [7, 11) is 0. The molecule has 23 heavy (non-hydrogen) atoms. The third-order valence-electron chi connectivity index (χ3n) is 3.92. The van der Waals surface area contributed by atoms with Crippen LogP contribution >= 0.6 is 11.3 Å². The van der Waals surface area contributed by atoms with Crippen molar-refractivity contribution in [1.29, 1.82) is 0 Å². The number of hydrogen-bond donors (Lipinski definition) is 2. The molecule has 6 heteroatoms. The van der Waals surface area contributed by atoms with Crippen molar-refractivity contribution < 1.29 is 4.79 Å². The molecule has 5 nitrogen and oxygen atoms in total. The Labute approximate surface area is 140 Å². The van der Waals surface area contributed by atoms with Gasteiger partial charge in [-0.05, 0) is 59.4 Å². The summed E-state index contributed by atoms with van der Waals surface area (Å²) in [4.78, 5) is 24.0. The molecule has 2 aromatic rings. The van der Waals surface area contributed by atoms with E-state index in [1.54, 1.807) is 11.3 Å². The van der Waals surface area contributed by atoms with Crippen LogP contribution in [0.3, 0.4) is 0 Å². The lowest BCUT2D eigenvalue weighted by molar-refractivity contribution is -0.122. The molecule has 2 heterocycles. The first-order valence-electron chi connectivity index (χ1n) is 8.12. The first kappa shape index (κ1) is 16.2. The van der Waals surface area contributed by atoms with Crippen molar-refractivity contribution in [3.8, 4) is 0 Å². The second-order valence-electron chi connectivity index (χ2n) is 7.26. The van der Waals surface area contributed by atoms with E-state index in [2.05, 4.69) is 20.6 Å².